The number of nitrogens with zero attached hydrogens (tertiary/aromatic N) is 3. The molecule has 180 valence electrons. The number of alkyl halides is 3. The van der Waals surface area contributed by atoms with E-state index in [-0.39, 0.29) is 12.4 Å². The lowest BCUT2D eigenvalue weighted by Crippen LogP contribution is -2.17. The normalized spacial score (nSPS) is 11.2. The number of anilines is 1. The molecule has 0 fully saturated rings. The van der Waals surface area contributed by atoms with Gasteiger partial charge in [-0.05, 0) is 60.7 Å². The van der Waals surface area contributed by atoms with Gasteiger partial charge in [0.1, 0.15) is 18.7 Å². The van der Waals surface area contributed by atoms with Crippen molar-refractivity contribution in [1.82, 2.24) is 14.8 Å². The van der Waals surface area contributed by atoms with Crippen LogP contribution < -0.4 is 10.1 Å². The maximum Gasteiger partial charge on any atom is 0.573 e. The predicted molar refractivity (Wildman–Crippen MR) is 124 cm³/mol. The van der Waals surface area contributed by atoms with Crippen LogP contribution in [0.1, 0.15) is 5.56 Å². The van der Waals surface area contributed by atoms with E-state index in [1.165, 1.54) is 35.3 Å². The molecule has 35 heavy (non-hydrogen) atoms. The third-order valence-corrected chi connectivity index (χ3v) is 5.33. The maximum absolute atomic E-state index is 12.3. The van der Waals surface area contributed by atoms with Gasteiger partial charge in [-0.15, -0.1) is 18.3 Å². The van der Waals surface area contributed by atoms with E-state index < -0.39 is 12.5 Å². The number of hydrogen-bond donors (Lipinski definition) is 1. The molecule has 0 saturated heterocycles. The summed E-state index contributed by atoms with van der Waals surface area (Å²) in [6, 6.07) is 16.9. The molecule has 12 heteroatoms. The van der Waals surface area contributed by atoms with Gasteiger partial charge >= 0.3 is 12.5 Å². The summed E-state index contributed by atoms with van der Waals surface area (Å²) in [5.74, 6) is 0.0428. The molecular formula is C23H15Cl2F3N4O3. The zero-order chi connectivity index (χ0) is 25.0. The first-order valence-electron chi connectivity index (χ1n) is 9.93. The van der Waals surface area contributed by atoms with E-state index in [0.717, 1.165) is 0 Å². The van der Waals surface area contributed by atoms with Crippen LogP contribution in [-0.4, -0.2) is 27.2 Å². The van der Waals surface area contributed by atoms with Crippen molar-refractivity contribution in [1.29, 1.82) is 0 Å². The number of benzene rings is 3. The summed E-state index contributed by atoms with van der Waals surface area (Å²) in [6.07, 6.45) is -4.02. The van der Waals surface area contributed by atoms with Crippen LogP contribution in [0.5, 0.6) is 5.75 Å². The Balaban J connectivity index is 1.36. The second-order valence-electron chi connectivity index (χ2n) is 7.03. The van der Waals surface area contributed by atoms with E-state index in [2.05, 4.69) is 20.1 Å². The molecule has 0 aliphatic heterocycles. The smallest absolute Gasteiger partial charge is 0.444 e. The zero-order valence-corrected chi connectivity index (χ0v) is 19.1. The van der Waals surface area contributed by atoms with E-state index in [0.29, 0.717) is 38.4 Å². The lowest BCUT2D eigenvalue weighted by atomic mass is 10.2. The Hall–Kier alpha value is -3.76. The molecule has 3 aromatic carbocycles. The first kappa shape index (κ1) is 24.4. The lowest BCUT2D eigenvalue weighted by Gasteiger charge is -2.09. The fraction of sp³-hybridized carbons (Fsp3) is 0.0870. The summed E-state index contributed by atoms with van der Waals surface area (Å²) in [5, 5.41) is 7.72. The molecule has 0 atom stereocenters. The molecule has 0 saturated carbocycles. The van der Waals surface area contributed by atoms with Gasteiger partial charge in [0.2, 0.25) is 0 Å². The van der Waals surface area contributed by atoms with Crippen LogP contribution in [-0.2, 0) is 11.3 Å². The summed E-state index contributed by atoms with van der Waals surface area (Å²) >= 11 is 12.1. The molecule has 0 unspecified atom stereocenters. The van der Waals surface area contributed by atoms with Crippen molar-refractivity contribution in [2.75, 3.05) is 5.32 Å². The number of carbonyl (C=O) groups excluding carboxylic acids is 1. The third kappa shape index (κ3) is 6.43. The monoisotopic (exact) mass is 522 g/mol. The minimum atomic E-state index is -4.76. The first-order chi connectivity index (χ1) is 16.7. The number of halogens is 5. The lowest BCUT2D eigenvalue weighted by molar-refractivity contribution is -0.274. The zero-order valence-electron chi connectivity index (χ0n) is 17.6. The standard InChI is InChI=1S/C23H15Cl2F3N4O3/c24-19-2-1-3-20(25)18(19)12-34-22(33)30-15-6-4-14(5-7-15)21-29-13-32(31-21)16-8-10-17(11-9-16)35-23(26,27)28/h1-11,13H,12H2,(H,30,33). The summed E-state index contributed by atoms with van der Waals surface area (Å²) in [7, 11) is 0. The molecule has 1 heterocycles. The van der Waals surface area contributed by atoms with E-state index in [1.807, 2.05) is 0 Å². The molecule has 4 aromatic rings. The summed E-state index contributed by atoms with van der Waals surface area (Å²) in [5.41, 5.74) is 2.13. The van der Waals surface area contributed by atoms with E-state index >= 15 is 0 Å². The fourth-order valence-corrected chi connectivity index (χ4v) is 3.49. The number of rotatable bonds is 6. The average Bonchev–Trinajstić information content (AvgIpc) is 3.29. The SMILES string of the molecule is O=C(Nc1ccc(-c2ncn(-c3ccc(OC(F)(F)F)cc3)n2)cc1)OCc1c(Cl)cccc1Cl. The van der Waals surface area contributed by atoms with Crippen molar-refractivity contribution < 1.29 is 27.4 Å². The van der Waals surface area contributed by atoms with Crippen LogP contribution in [0.2, 0.25) is 10.0 Å². The second-order valence-corrected chi connectivity index (χ2v) is 7.85. The molecule has 1 aromatic heterocycles. The third-order valence-electron chi connectivity index (χ3n) is 4.63. The number of carbonyl (C=O) groups is 1. The Morgan fingerprint density at radius 3 is 2.26 bits per heavy atom. The van der Waals surface area contributed by atoms with Crippen molar-refractivity contribution >= 4 is 35.0 Å². The highest BCUT2D eigenvalue weighted by atomic mass is 35.5. The van der Waals surface area contributed by atoms with Gasteiger partial charge in [0.05, 0.1) is 5.69 Å². The summed E-state index contributed by atoms with van der Waals surface area (Å²) in [4.78, 5) is 16.3. The van der Waals surface area contributed by atoms with Crippen LogP contribution in [0.15, 0.2) is 73.1 Å². The highest BCUT2D eigenvalue weighted by Gasteiger charge is 2.31. The molecule has 7 nitrogen and oxygen atoms in total. The predicted octanol–water partition coefficient (Wildman–Crippen LogP) is 6.89. The van der Waals surface area contributed by atoms with E-state index in [4.69, 9.17) is 27.9 Å². The van der Waals surface area contributed by atoms with E-state index in [1.54, 1.807) is 42.5 Å². The Morgan fingerprint density at radius 1 is 0.971 bits per heavy atom. The Bertz CT molecular complexity index is 1310. The number of nitrogens with one attached hydrogen (secondary N) is 1. The van der Waals surface area contributed by atoms with Crippen molar-refractivity contribution in [2.24, 2.45) is 0 Å². The molecule has 4 rings (SSSR count). The van der Waals surface area contributed by atoms with E-state index in [9.17, 15) is 18.0 Å². The number of amides is 1. The highest BCUT2D eigenvalue weighted by molar-refractivity contribution is 6.35. The molecule has 0 aliphatic carbocycles. The van der Waals surface area contributed by atoms with Crippen molar-refractivity contribution in [3.05, 3.63) is 88.7 Å². The molecule has 0 radical (unpaired) electrons. The van der Waals surface area contributed by atoms with Crippen molar-refractivity contribution in [3.8, 4) is 22.8 Å². The minimum Gasteiger partial charge on any atom is -0.444 e. The van der Waals surface area contributed by atoms with Gasteiger partial charge in [-0.1, -0.05) is 29.3 Å². The van der Waals surface area contributed by atoms with Gasteiger partial charge in [0, 0.05) is 26.9 Å². The molecular weight excluding hydrogens is 508 g/mol. The van der Waals surface area contributed by atoms with Gasteiger partial charge in [-0.2, -0.15) is 0 Å². The largest absolute Gasteiger partial charge is 0.573 e. The van der Waals surface area contributed by atoms with Gasteiger partial charge in [-0.3, -0.25) is 5.32 Å². The Labute approximate surface area is 207 Å². The van der Waals surface area contributed by atoms with Crippen LogP contribution in [0.25, 0.3) is 17.1 Å². The van der Waals surface area contributed by atoms with Gasteiger partial charge in [0.25, 0.3) is 0 Å². The average molecular weight is 523 g/mol. The van der Waals surface area contributed by atoms with Gasteiger partial charge in [0.15, 0.2) is 5.82 Å². The maximum atomic E-state index is 12.3. The molecule has 0 bridgehead atoms. The molecule has 0 spiro atoms. The van der Waals surface area contributed by atoms with Crippen molar-refractivity contribution in [2.45, 2.75) is 13.0 Å². The highest BCUT2D eigenvalue weighted by Crippen LogP contribution is 2.26. The quantitative estimate of drug-likeness (QED) is 0.298. The van der Waals surface area contributed by atoms with Gasteiger partial charge in [-0.25, -0.2) is 14.5 Å². The second kappa shape index (κ2) is 10.2. The summed E-state index contributed by atoms with van der Waals surface area (Å²) < 4.78 is 47.4. The first-order valence-corrected chi connectivity index (χ1v) is 10.7. The molecule has 1 N–H and O–H groups in total. The number of hydrogen-bond acceptors (Lipinski definition) is 5. The van der Waals surface area contributed by atoms with Crippen LogP contribution in [0.4, 0.5) is 23.7 Å². The number of ether oxygens (including phenoxy) is 2. The number of aromatic nitrogens is 3. The minimum absolute atomic E-state index is 0.0902. The molecule has 0 aliphatic rings. The van der Waals surface area contributed by atoms with Crippen LogP contribution >= 0.6 is 23.2 Å². The van der Waals surface area contributed by atoms with Gasteiger partial charge < -0.3 is 9.47 Å². The Kier molecular flexibility index (Phi) is 7.13. The van der Waals surface area contributed by atoms with Crippen LogP contribution in [0, 0.1) is 0 Å². The fourth-order valence-electron chi connectivity index (χ4n) is 2.98. The van der Waals surface area contributed by atoms with Crippen molar-refractivity contribution in [3.63, 3.8) is 0 Å². The Morgan fingerprint density at radius 2 is 1.63 bits per heavy atom. The summed E-state index contributed by atoms with van der Waals surface area (Å²) in [6.45, 7) is -0.0902. The molecule has 1 amide bonds. The topological polar surface area (TPSA) is 78.3 Å². The van der Waals surface area contributed by atoms with Crippen LogP contribution in [0.3, 0.4) is 0 Å².